The Morgan fingerprint density at radius 2 is 1.85 bits per heavy atom. The Morgan fingerprint density at radius 1 is 1.10 bits per heavy atom. The normalized spacial score (nSPS) is 11.1. The molecule has 106 valence electrons. The molecule has 0 bridgehead atoms. The van der Waals surface area contributed by atoms with Crippen molar-refractivity contribution in [1.82, 2.24) is 0 Å². The first-order chi connectivity index (χ1) is 9.52. The molecule has 0 atom stereocenters. The van der Waals surface area contributed by atoms with Crippen LogP contribution < -0.4 is 9.47 Å². The van der Waals surface area contributed by atoms with Crippen molar-refractivity contribution in [2.45, 2.75) is 9.99 Å². The zero-order valence-corrected chi connectivity index (χ0v) is 11.6. The average molecular weight is 296 g/mol. The number of ether oxygens (including phenoxy) is 2. The van der Waals surface area contributed by atoms with E-state index in [1.807, 2.05) is 0 Å². The summed E-state index contributed by atoms with van der Waals surface area (Å²) in [5.74, 6) is 0.465. The van der Waals surface area contributed by atoms with Crippen LogP contribution in [-0.4, -0.2) is 28.9 Å². The van der Waals surface area contributed by atoms with Crippen LogP contribution in [0.25, 0.3) is 0 Å². The molecule has 1 aromatic heterocycles. The van der Waals surface area contributed by atoms with E-state index in [9.17, 15) is 13.2 Å². The number of aldehydes is 1. The van der Waals surface area contributed by atoms with Crippen LogP contribution in [0.4, 0.5) is 0 Å². The zero-order valence-electron chi connectivity index (χ0n) is 10.8. The van der Waals surface area contributed by atoms with Crippen molar-refractivity contribution in [3.63, 3.8) is 0 Å². The van der Waals surface area contributed by atoms with Crippen molar-refractivity contribution in [3.05, 3.63) is 36.1 Å². The van der Waals surface area contributed by atoms with Gasteiger partial charge in [0.1, 0.15) is 16.4 Å². The van der Waals surface area contributed by atoms with E-state index in [2.05, 4.69) is 0 Å². The van der Waals surface area contributed by atoms with Gasteiger partial charge in [0.15, 0.2) is 12.0 Å². The van der Waals surface area contributed by atoms with Gasteiger partial charge in [0, 0.05) is 6.07 Å². The molecule has 1 heterocycles. The van der Waals surface area contributed by atoms with Crippen LogP contribution in [0, 0.1) is 0 Å². The molecule has 0 N–H and O–H groups in total. The van der Waals surface area contributed by atoms with E-state index >= 15 is 0 Å². The van der Waals surface area contributed by atoms with Gasteiger partial charge in [-0.25, -0.2) is 8.42 Å². The summed E-state index contributed by atoms with van der Waals surface area (Å²) in [6.07, 6.45) is 0.432. The first-order valence-electron chi connectivity index (χ1n) is 5.55. The number of hydrogen-bond donors (Lipinski definition) is 0. The second kappa shape index (κ2) is 5.38. The smallest absolute Gasteiger partial charge is 0.243 e. The predicted molar refractivity (Wildman–Crippen MR) is 69.1 cm³/mol. The summed E-state index contributed by atoms with van der Waals surface area (Å²) in [4.78, 5) is 10.5. The quantitative estimate of drug-likeness (QED) is 0.784. The van der Waals surface area contributed by atoms with E-state index in [0.717, 1.165) is 0 Å². The standard InChI is InChI=1S/C13H12O6S/c1-17-9-3-5-11(18-2)12(7-9)20(15,16)13-6-4-10(8-14)19-13/h3-8H,1-2H3. The van der Waals surface area contributed by atoms with Crippen molar-refractivity contribution in [3.8, 4) is 11.5 Å². The highest BCUT2D eigenvalue weighted by Gasteiger charge is 2.26. The summed E-state index contributed by atoms with van der Waals surface area (Å²) in [5, 5.41) is -0.328. The lowest BCUT2D eigenvalue weighted by molar-refractivity contribution is 0.109. The van der Waals surface area contributed by atoms with Gasteiger partial charge in [-0.1, -0.05) is 0 Å². The van der Waals surface area contributed by atoms with E-state index < -0.39 is 9.84 Å². The number of carbonyl (C=O) groups is 1. The Kier molecular flexibility index (Phi) is 3.80. The fourth-order valence-corrected chi connectivity index (χ4v) is 3.00. The van der Waals surface area contributed by atoms with E-state index in [1.165, 1.54) is 38.5 Å². The topological polar surface area (TPSA) is 82.8 Å². The van der Waals surface area contributed by atoms with Crippen LogP contribution in [0.3, 0.4) is 0 Å². The van der Waals surface area contributed by atoms with E-state index in [0.29, 0.717) is 12.0 Å². The summed E-state index contributed by atoms with van der Waals surface area (Å²) in [7, 11) is -1.15. The highest BCUT2D eigenvalue weighted by molar-refractivity contribution is 7.91. The third kappa shape index (κ3) is 2.39. The average Bonchev–Trinajstić information content (AvgIpc) is 2.96. The number of sulfone groups is 1. The molecule has 0 saturated heterocycles. The van der Waals surface area contributed by atoms with Gasteiger partial charge < -0.3 is 13.9 Å². The highest BCUT2D eigenvalue weighted by Crippen LogP contribution is 2.33. The van der Waals surface area contributed by atoms with Gasteiger partial charge in [0.2, 0.25) is 14.9 Å². The molecule has 6 nitrogen and oxygen atoms in total. The minimum atomic E-state index is -3.93. The fourth-order valence-electron chi connectivity index (χ4n) is 1.64. The predicted octanol–water partition coefficient (Wildman–Crippen LogP) is 1.94. The number of benzene rings is 1. The number of methoxy groups -OCH3 is 2. The lowest BCUT2D eigenvalue weighted by Gasteiger charge is -2.09. The molecule has 0 aliphatic heterocycles. The molecular formula is C13H12O6S. The van der Waals surface area contributed by atoms with Crippen molar-refractivity contribution in [2.75, 3.05) is 14.2 Å². The minimum absolute atomic E-state index is 0.0644. The maximum Gasteiger partial charge on any atom is 0.243 e. The van der Waals surface area contributed by atoms with Crippen LogP contribution in [0.2, 0.25) is 0 Å². The van der Waals surface area contributed by atoms with Crippen LogP contribution >= 0.6 is 0 Å². The van der Waals surface area contributed by atoms with Gasteiger partial charge >= 0.3 is 0 Å². The Morgan fingerprint density at radius 3 is 2.40 bits per heavy atom. The molecule has 0 unspecified atom stereocenters. The van der Waals surface area contributed by atoms with Crippen molar-refractivity contribution >= 4 is 16.1 Å². The van der Waals surface area contributed by atoms with Gasteiger partial charge in [-0.3, -0.25) is 4.79 Å². The SMILES string of the molecule is COc1ccc(OC)c(S(=O)(=O)c2ccc(C=O)o2)c1. The molecule has 0 aliphatic carbocycles. The number of hydrogen-bond acceptors (Lipinski definition) is 6. The molecule has 0 spiro atoms. The number of carbonyl (C=O) groups excluding carboxylic acids is 1. The molecule has 0 fully saturated rings. The minimum Gasteiger partial charge on any atom is -0.497 e. The first-order valence-corrected chi connectivity index (χ1v) is 7.03. The lowest BCUT2D eigenvalue weighted by atomic mass is 10.3. The Hall–Kier alpha value is -2.28. The van der Waals surface area contributed by atoms with Crippen LogP contribution in [0.5, 0.6) is 11.5 Å². The zero-order chi connectivity index (χ0) is 14.8. The molecule has 0 amide bonds. The lowest BCUT2D eigenvalue weighted by Crippen LogP contribution is -2.04. The number of rotatable bonds is 5. The van der Waals surface area contributed by atoms with Gasteiger partial charge in [-0.05, 0) is 24.3 Å². The van der Waals surface area contributed by atoms with E-state index in [-0.39, 0.29) is 21.5 Å². The maximum absolute atomic E-state index is 12.5. The largest absolute Gasteiger partial charge is 0.497 e. The molecule has 0 aliphatic rings. The van der Waals surface area contributed by atoms with Gasteiger partial charge in [0.25, 0.3) is 0 Å². The van der Waals surface area contributed by atoms with Crippen LogP contribution in [0.15, 0.2) is 44.7 Å². The summed E-state index contributed by atoms with van der Waals surface area (Å²) in [6.45, 7) is 0. The molecule has 1 aromatic carbocycles. The van der Waals surface area contributed by atoms with E-state index in [4.69, 9.17) is 13.9 Å². The molecule has 20 heavy (non-hydrogen) atoms. The number of furan rings is 1. The van der Waals surface area contributed by atoms with Crippen molar-refractivity contribution in [2.24, 2.45) is 0 Å². The summed E-state index contributed by atoms with van der Waals surface area (Å²) in [5.41, 5.74) is 0. The summed E-state index contributed by atoms with van der Waals surface area (Å²) in [6, 6.07) is 6.90. The second-order valence-corrected chi connectivity index (χ2v) is 5.64. The molecular weight excluding hydrogens is 284 g/mol. The van der Waals surface area contributed by atoms with Gasteiger partial charge in [-0.15, -0.1) is 0 Å². The van der Waals surface area contributed by atoms with Crippen LogP contribution in [-0.2, 0) is 9.84 Å². The highest BCUT2D eigenvalue weighted by atomic mass is 32.2. The van der Waals surface area contributed by atoms with Crippen molar-refractivity contribution in [1.29, 1.82) is 0 Å². The molecule has 0 saturated carbocycles. The Labute approximate surface area is 115 Å². The summed E-state index contributed by atoms with van der Waals surface area (Å²) < 4.78 is 39.9. The summed E-state index contributed by atoms with van der Waals surface area (Å²) >= 11 is 0. The molecule has 0 radical (unpaired) electrons. The van der Waals surface area contributed by atoms with Crippen molar-refractivity contribution < 1.29 is 27.1 Å². The third-order valence-corrected chi connectivity index (χ3v) is 4.29. The van der Waals surface area contributed by atoms with Crippen LogP contribution in [0.1, 0.15) is 10.6 Å². The second-order valence-electron chi connectivity index (χ2n) is 3.79. The third-order valence-electron chi connectivity index (χ3n) is 2.64. The molecule has 7 heteroatoms. The Bertz CT molecular complexity index is 729. The fraction of sp³-hybridized carbons (Fsp3) is 0.154. The van der Waals surface area contributed by atoms with Gasteiger partial charge in [0.05, 0.1) is 14.2 Å². The van der Waals surface area contributed by atoms with Gasteiger partial charge in [-0.2, -0.15) is 0 Å². The Balaban J connectivity index is 2.61. The molecule has 2 rings (SSSR count). The molecule has 2 aromatic rings. The monoisotopic (exact) mass is 296 g/mol. The maximum atomic E-state index is 12.5. The van der Waals surface area contributed by atoms with E-state index in [1.54, 1.807) is 6.07 Å². The first kappa shape index (κ1) is 14.1.